The van der Waals surface area contributed by atoms with E-state index in [1.165, 1.54) is 0 Å². The van der Waals surface area contributed by atoms with Gasteiger partial charge >= 0.3 is 0 Å². The molecule has 0 saturated heterocycles. The Morgan fingerprint density at radius 2 is 2.12 bits per heavy atom. The minimum Gasteiger partial charge on any atom is -0.341 e. The fourth-order valence-corrected chi connectivity index (χ4v) is 1.66. The maximum absolute atomic E-state index is 13.1. The van der Waals surface area contributed by atoms with Crippen molar-refractivity contribution in [2.24, 2.45) is 5.14 Å². The molecular formula is C10H9FN2O3S. The van der Waals surface area contributed by atoms with Crippen molar-refractivity contribution in [3.8, 4) is 12.3 Å². The van der Waals surface area contributed by atoms with Gasteiger partial charge in [-0.1, -0.05) is 5.92 Å². The Hall–Kier alpha value is -1.91. The zero-order valence-corrected chi connectivity index (χ0v) is 9.42. The molecule has 0 fully saturated rings. The summed E-state index contributed by atoms with van der Waals surface area (Å²) in [7, 11) is -4.06. The third-order valence-corrected chi connectivity index (χ3v) is 2.71. The van der Waals surface area contributed by atoms with Gasteiger partial charge in [0.2, 0.25) is 10.0 Å². The fourth-order valence-electron chi connectivity index (χ4n) is 1.09. The number of amides is 1. The number of hydrogen-bond donors (Lipinski definition) is 2. The van der Waals surface area contributed by atoms with E-state index in [4.69, 9.17) is 11.6 Å². The number of primary sulfonamides is 1. The van der Waals surface area contributed by atoms with Crippen LogP contribution in [-0.4, -0.2) is 20.9 Å². The molecule has 0 radical (unpaired) electrons. The number of rotatable bonds is 3. The van der Waals surface area contributed by atoms with Crippen LogP contribution in [0.2, 0.25) is 0 Å². The first kappa shape index (κ1) is 13.2. The van der Waals surface area contributed by atoms with Gasteiger partial charge in [0.1, 0.15) is 5.82 Å². The summed E-state index contributed by atoms with van der Waals surface area (Å²) in [5.41, 5.74) is -0.163. The predicted octanol–water partition coefficient (Wildman–Crippen LogP) is -0.164. The van der Waals surface area contributed by atoms with E-state index in [0.29, 0.717) is 0 Å². The number of halogens is 1. The van der Waals surface area contributed by atoms with E-state index in [1.54, 1.807) is 0 Å². The average molecular weight is 256 g/mol. The van der Waals surface area contributed by atoms with Crippen LogP contribution in [-0.2, 0) is 10.0 Å². The Balaban J connectivity index is 3.15. The summed E-state index contributed by atoms with van der Waals surface area (Å²) in [6, 6.07) is 2.60. The highest BCUT2D eigenvalue weighted by Gasteiger charge is 2.14. The van der Waals surface area contributed by atoms with Crippen molar-refractivity contribution in [1.29, 1.82) is 0 Å². The molecule has 0 spiro atoms. The Bertz CT molecular complexity index is 590. The molecule has 0 aliphatic carbocycles. The molecule has 1 amide bonds. The van der Waals surface area contributed by atoms with Gasteiger partial charge in [0.15, 0.2) is 0 Å². The van der Waals surface area contributed by atoms with Crippen LogP contribution in [0.25, 0.3) is 0 Å². The van der Waals surface area contributed by atoms with Crippen LogP contribution in [0, 0.1) is 18.2 Å². The highest BCUT2D eigenvalue weighted by molar-refractivity contribution is 7.89. The van der Waals surface area contributed by atoms with E-state index in [0.717, 1.165) is 18.2 Å². The summed E-state index contributed by atoms with van der Waals surface area (Å²) in [6.07, 6.45) is 4.93. The van der Waals surface area contributed by atoms with E-state index in [1.807, 2.05) is 0 Å². The van der Waals surface area contributed by atoms with E-state index in [-0.39, 0.29) is 12.1 Å². The van der Waals surface area contributed by atoms with Crippen LogP contribution in [0.5, 0.6) is 0 Å². The van der Waals surface area contributed by atoms with Gasteiger partial charge in [-0.2, -0.15) is 0 Å². The van der Waals surface area contributed by atoms with Crippen molar-refractivity contribution in [1.82, 2.24) is 5.32 Å². The van der Waals surface area contributed by atoms with Crippen molar-refractivity contribution >= 4 is 15.9 Å². The molecular weight excluding hydrogens is 247 g/mol. The topological polar surface area (TPSA) is 89.3 Å². The molecule has 0 aromatic heterocycles. The molecule has 0 saturated carbocycles. The predicted molar refractivity (Wildman–Crippen MR) is 58.9 cm³/mol. The maximum Gasteiger partial charge on any atom is 0.252 e. The lowest BCUT2D eigenvalue weighted by Gasteiger charge is -2.04. The molecule has 90 valence electrons. The van der Waals surface area contributed by atoms with Crippen molar-refractivity contribution < 1.29 is 17.6 Å². The summed E-state index contributed by atoms with van der Waals surface area (Å²) in [5.74, 6) is 0.613. The standard InChI is InChI=1S/C10H9FN2O3S/c1-2-3-13-10(14)7-4-8(11)6-9(5-7)17(12,15)16/h1,4-6H,3H2,(H,13,14)(H2,12,15,16). The van der Waals surface area contributed by atoms with Crippen molar-refractivity contribution in [2.45, 2.75) is 4.90 Å². The van der Waals surface area contributed by atoms with Crippen LogP contribution >= 0.6 is 0 Å². The van der Waals surface area contributed by atoms with Crippen LogP contribution in [0.1, 0.15) is 10.4 Å². The van der Waals surface area contributed by atoms with Gasteiger partial charge in [0.25, 0.3) is 5.91 Å². The number of carbonyl (C=O) groups excluding carboxylic acids is 1. The van der Waals surface area contributed by atoms with E-state index < -0.39 is 26.6 Å². The number of hydrogen-bond acceptors (Lipinski definition) is 3. The Morgan fingerprint density at radius 1 is 1.47 bits per heavy atom. The highest BCUT2D eigenvalue weighted by Crippen LogP contribution is 2.13. The number of nitrogens with two attached hydrogens (primary N) is 1. The maximum atomic E-state index is 13.1. The minimum absolute atomic E-state index is 0.0416. The average Bonchev–Trinajstić information content (AvgIpc) is 2.23. The molecule has 0 aliphatic heterocycles. The molecule has 1 aromatic rings. The van der Waals surface area contributed by atoms with Crippen molar-refractivity contribution in [3.63, 3.8) is 0 Å². The van der Waals surface area contributed by atoms with Crippen LogP contribution in [0.4, 0.5) is 4.39 Å². The van der Waals surface area contributed by atoms with Crippen LogP contribution in [0.15, 0.2) is 23.1 Å². The third-order valence-electron chi connectivity index (χ3n) is 1.81. The van der Waals surface area contributed by atoms with E-state index >= 15 is 0 Å². The Kier molecular flexibility index (Phi) is 3.83. The Morgan fingerprint density at radius 3 is 2.65 bits per heavy atom. The summed E-state index contributed by atoms with van der Waals surface area (Å²) >= 11 is 0. The number of sulfonamides is 1. The van der Waals surface area contributed by atoms with Crippen molar-refractivity contribution in [3.05, 3.63) is 29.6 Å². The third kappa shape index (κ3) is 3.55. The molecule has 5 nitrogen and oxygen atoms in total. The number of carbonyl (C=O) groups is 1. The second kappa shape index (κ2) is 4.95. The van der Waals surface area contributed by atoms with Gasteiger partial charge in [-0.25, -0.2) is 17.9 Å². The molecule has 0 atom stereocenters. The van der Waals surface area contributed by atoms with E-state index in [9.17, 15) is 17.6 Å². The number of nitrogens with one attached hydrogen (secondary N) is 1. The number of terminal acetylenes is 1. The molecule has 17 heavy (non-hydrogen) atoms. The highest BCUT2D eigenvalue weighted by atomic mass is 32.2. The van der Waals surface area contributed by atoms with Gasteiger partial charge in [0, 0.05) is 5.56 Å². The first-order valence-corrected chi connectivity index (χ1v) is 5.94. The zero-order chi connectivity index (χ0) is 13.1. The lowest BCUT2D eigenvalue weighted by Crippen LogP contribution is -2.24. The summed E-state index contributed by atoms with van der Waals surface area (Å²) in [5, 5.41) is 7.11. The molecule has 7 heteroatoms. The second-order valence-electron chi connectivity index (χ2n) is 3.11. The molecule has 0 heterocycles. The number of benzene rings is 1. The zero-order valence-electron chi connectivity index (χ0n) is 8.60. The summed E-state index contributed by atoms with van der Waals surface area (Å²) in [6.45, 7) is -0.0416. The van der Waals surface area contributed by atoms with Gasteiger partial charge in [0.05, 0.1) is 11.4 Å². The SMILES string of the molecule is C#CCNC(=O)c1cc(F)cc(S(N)(=O)=O)c1. The quantitative estimate of drug-likeness (QED) is 0.736. The van der Waals surface area contributed by atoms with Crippen LogP contribution < -0.4 is 10.5 Å². The smallest absolute Gasteiger partial charge is 0.252 e. The normalized spacial score (nSPS) is 10.6. The first-order chi connectivity index (χ1) is 7.84. The van der Waals surface area contributed by atoms with Gasteiger partial charge in [-0.15, -0.1) is 6.42 Å². The minimum atomic E-state index is -4.06. The lowest BCUT2D eigenvalue weighted by atomic mass is 10.2. The van der Waals surface area contributed by atoms with Gasteiger partial charge < -0.3 is 5.32 Å². The molecule has 0 unspecified atom stereocenters. The van der Waals surface area contributed by atoms with Gasteiger partial charge in [-0.05, 0) is 18.2 Å². The first-order valence-electron chi connectivity index (χ1n) is 4.39. The van der Waals surface area contributed by atoms with E-state index in [2.05, 4.69) is 11.2 Å². The fraction of sp³-hybridized carbons (Fsp3) is 0.100. The molecule has 1 rings (SSSR count). The molecule has 0 bridgehead atoms. The monoisotopic (exact) mass is 256 g/mol. The second-order valence-corrected chi connectivity index (χ2v) is 4.67. The summed E-state index contributed by atoms with van der Waals surface area (Å²) in [4.78, 5) is 11.0. The largest absolute Gasteiger partial charge is 0.341 e. The van der Waals surface area contributed by atoms with Crippen molar-refractivity contribution in [2.75, 3.05) is 6.54 Å². The Labute approximate surface area is 97.9 Å². The molecule has 1 aromatic carbocycles. The van der Waals surface area contributed by atoms with Crippen LogP contribution in [0.3, 0.4) is 0 Å². The molecule has 3 N–H and O–H groups in total. The summed E-state index contributed by atoms with van der Waals surface area (Å²) < 4.78 is 35.1. The lowest BCUT2D eigenvalue weighted by molar-refractivity contribution is 0.0958. The van der Waals surface area contributed by atoms with Gasteiger partial charge in [-0.3, -0.25) is 4.79 Å². The molecule has 0 aliphatic rings.